The molecule has 2 aromatic rings. The average molecular weight is 443 g/mol. The second-order valence-corrected chi connectivity index (χ2v) is 8.33. The predicted octanol–water partition coefficient (Wildman–Crippen LogP) is 2.87. The van der Waals surface area contributed by atoms with Crippen LogP contribution in [0.3, 0.4) is 0 Å². The molecule has 1 heterocycles. The molecule has 0 aromatic heterocycles. The van der Waals surface area contributed by atoms with E-state index in [9.17, 15) is 22.2 Å². The molecule has 1 saturated heterocycles. The number of halogens is 3. The number of ether oxygens (including phenoxy) is 2. The molecule has 10 heteroatoms. The first-order valence-corrected chi connectivity index (χ1v) is 10.3. The molecule has 6 nitrogen and oxygen atoms in total. The highest BCUT2D eigenvalue weighted by Gasteiger charge is 2.35. The monoisotopic (exact) mass is 443 g/mol. The molecule has 2 unspecified atom stereocenters. The predicted molar refractivity (Wildman–Crippen MR) is 102 cm³/mol. The third-order valence-corrected chi connectivity index (χ3v) is 6.32. The molecule has 1 amide bonds. The molecule has 2 atom stereocenters. The Bertz CT molecular complexity index is 904. The van der Waals surface area contributed by atoms with Crippen molar-refractivity contribution in [2.45, 2.75) is 29.5 Å². The van der Waals surface area contributed by atoms with Crippen LogP contribution in [0.2, 0.25) is 0 Å². The van der Waals surface area contributed by atoms with Crippen LogP contribution in [0.1, 0.15) is 12.0 Å². The summed E-state index contributed by atoms with van der Waals surface area (Å²) in [6, 6.07) is 11.9. The van der Waals surface area contributed by atoms with E-state index < -0.39 is 28.2 Å². The summed E-state index contributed by atoms with van der Waals surface area (Å²) < 4.78 is 60.0. The highest BCUT2D eigenvalue weighted by atomic mass is 32.2. The van der Waals surface area contributed by atoms with Gasteiger partial charge in [0.05, 0.1) is 27.6 Å². The molecule has 0 bridgehead atoms. The van der Waals surface area contributed by atoms with Gasteiger partial charge in [-0.3, -0.25) is 9.00 Å². The molecule has 3 rings (SSSR count). The minimum Gasteiger partial charge on any atom is -0.484 e. The van der Waals surface area contributed by atoms with E-state index in [0.29, 0.717) is 24.3 Å². The van der Waals surface area contributed by atoms with Crippen molar-refractivity contribution >= 4 is 16.7 Å². The second-order valence-electron chi connectivity index (χ2n) is 6.63. The van der Waals surface area contributed by atoms with Crippen molar-refractivity contribution in [3.8, 4) is 11.5 Å². The maximum Gasteiger partial charge on any atom is 0.573 e. The number of carbonyl (C=O) groups excluding carboxylic acids is 1. The second kappa shape index (κ2) is 9.48. The number of aliphatic hydroxyl groups excluding tert-OH is 1. The van der Waals surface area contributed by atoms with E-state index in [1.807, 2.05) is 0 Å². The number of amides is 1. The van der Waals surface area contributed by atoms with Gasteiger partial charge in [0.1, 0.15) is 11.5 Å². The molecule has 1 N–H and O–H groups in total. The fourth-order valence-electron chi connectivity index (χ4n) is 3.06. The number of hydrogen-bond acceptors (Lipinski definition) is 5. The summed E-state index contributed by atoms with van der Waals surface area (Å²) in [7, 11) is -1.77. The Labute approximate surface area is 173 Å². The van der Waals surface area contributed by atoms with E-state index in [-0.39, 0.29) is 30.6 Å². The fourth-order valence-corrected chi connectivity index (χ4v) is 4.58. The van der Waals surface area contributed by atoms with Crippen LogP contribution in [0, 0.1) is 0 Å². The number of likely N-dealkylation sites (tertiary alicyclic amines) is 1. The van der Waals surface area contributed by atoms with Gasteiger partial charge in [-0.2, -0.15) is 0 Å². The van der Waals surface area contributed by atoms with E-state index in [1.165, 1.54) is 23.1 Å². The molecule has 1 aliphatic rings. The lowest BCUT2D eigenvalue weighted by Crippen LogP contribution is -2.34. The van der Waals surface area contributed by atoms with Crippen molar-refractivity contribution in [3.63, 3.8) is 0 Å². The Hall–Kier alpha value is -2.59. The number of nitrogens with zero attached hydrogens (tertiary/aromatic N) is 1. The van der Waals surface area contributed by atoms with E-state index in [1.54, 1.807) is 24.3 Å². The van der Waals surface area contributed by atoms with Gasteiger partial charge in [-0.15, -0.1) is 13.2 Å². The van der Waals surface area contributed by atoms with E-state index >= 15 is 0 Å². The molecule has 0 aliphatic carbocycles. The molecule has 30 heavy (non-hydrogen) atoms. The molecule has 162 valence electrons. The number of aliphatic hydroxyl groups is 1. The quantitative estimate of drug-likeness (QED) is 0.712. The SMILES string of the molecule is O=C(COc1ccc(CO)cc1)N1CCC(S(=O)c2ccccc2OC(F)(F)F)C1. The first-order valence-electron chi connectivity index (χ1n) is 9.12. The number of para-hydroxylation sites is 1. The highest BCUT2D eigenvalue weighted by Crippen LogP contribution is 2.31. The lowest BCUT2D eigenvalue weighted by atomic mass is 10.2. The molecular formula is C20H20F3NO5S. The third kappa shape index (κ3) is 5.73. The summed E-state index contributed by atoms with van der Waals surface area (Å²) in [5, 5.41) is 8.52. The van der Waals surface area contributed by atoms with Gasteiger partial charge < -0.3 is 19.5 Å². The van der Waals surface area contributed by atoms with Crippen LogP contribution in [0.4, 0.5) is 13.2 Å². The van der Waals surface area contributed by atoms with E-state index in [4.69, 9.17) is 9.84 Å². The van der Waals surface area contributed by atoms with Gasteiger partial charge in [0.25, 0.3) is 5.91 Å². The van der Waals surface area contributed by atoms with Gasteiger partial charge >= 0.3 is 6.36 Å². The first kappa shape index (κ1) is 22.1. The van der Waals surface area contributed by atoms with Gasteiger partial charge in [-0.25, -0.2) is 0 Å². The smallest absolute Gasteiger partial charge is 0.484 e. The Morgan fingerprint density at radius 3 is 2.53 bits per heavy atom. The van der Waals surface area contributed by atoms with Crippen molar-refractivity contribution < 1.29 is 36.8 Å². The van der Waals surface area contributed by atoms with E-state index in [2.05, 4.69) is 4.74 Å². The summed E-state index contributed by atoms with van der Waals surface area (Å²) in [6.45, 7) is 0.178. The number of benzene rings is 2. The molecule has 1 aliphatic heterocycles. The number of alkyl halides is 3. The zero-order chi connectivity index (χ0) is 21.7. The van der Waals surface area contributed by atoms with Gasteiger partial charge in [-0.1, -0.05) is 24.3 Å². The number of rotatable bonds is 7. The summed E-state index contributed by atoms with van der Waals surface area (Å²) in [6.07, 6.45) is -4.49. The molecular weight excluding hydrogens is 423 g/mol. The Kier molecular flexibility index (Phi) is 6.99. The zero-order valence-corrected chi connectivity index (χ0v) is 16.6. The molecule has 1 fully saturated rings. The van der Waals surface area contributed by atoms with Gasteiger partial charge in [0.15, 0.2) is 6.61 Å². The standard InChI is InChI=1S/C20H20F3NO5S/c21-20(22,23)29-17-3-1-2-4-18(17)30(27)16-9-10-24(11-16)19(26)13-28-15-7-5-14(12-25)6-8-15/h1-8,16,25H,9-13H2. The molecule has 0 radical (unpaired) electrons. The maximum absolute atomic E-state index is 12.8. The minimum absolute atomic E-state index is 0.0469. The molecule has 2 aromatic carbocycles. The normalized spacial score (nSPS) is 17.6. The van der Waals surface area contributed by atoms with Gasteiger partial charge in [0.2, 0.25) is 0 Å². The van der Waals surface area contributed by atoms with Crippen LogP contribution < -0.4 is 9.47 Å². The van der Waals surface area contributed by atoms with Gasteiger partial charge in [0, 0.05) is 13.1 Å². The topological polar surface area (TPSA) is 76.1 Å². The van der Waals surface area contributed by atoms with Crippen molar-refractivity contribution in [2.75, 3.05) is 19.7 Å². The van der Waals surface area contributed by atoms with Crippen LogP contribution in [-0.2, 0) is 22.2 Å². The molecule has 0 spiro atoms. The highest BCUT2D eigenvalue weighted by molar-refractivity contribution is 7.85. The Morgan fingerprint density at radius 1 is 1.17 bits per heavy atom. The lowest BCUT2D eigenvalue weighted by Gasteiger charge is -2.18. The zero-order valence-electron chi connectivity index (χ0n) is 15.8. The minimum atomic E-state index is -4.88. The van der Waals surface area contributed by atoms with E-state index in [0.717, 1.165) is 6.07 Å². The maximum atomic E-state index is 12.8. The van der Waals surface area contributed by atoms with Crippen molar-refractivity contribution in [1.82, 2.24) is 4.90 Å². The summed E-state index contributed by atoms with van der Waals surface area (Å²) in [5.41, 5.74) is 0.716. The first-order chi connectivity index (χ1) is 14.3. The summed E-state index contributed by atoms with van der Waals surface area (Å²) in [5.74, 6) is -0.332. The third-order valence-electron chi connectivity index (χ3n) is 4.56. The van der Waals surface area contributed by atoms with Crippen molar-refractivity contribution in [3.05, 3.63) is 54.1 Å². The summed E-state index contributed by atoms with van der Waals surface area (Å²) >= 11 is 0. The number of hydrogen-bond donors (Lipinski definition) is 1. The van der Waals surface area contributed by atoms with Crippen molar-refractivity contribution in [2.24, 2.45) is 0 Å². The van der Waals surface area contributed by atoms with Crippen LogP contribution in [0.15, 0.2) is 53.4 Å². The van der Waals surface area contributed by atoms with Crippen molar-refractivity contribution in [1.29, 1.82) is 0 Å². The summed E-state index contributed by atoms with van der Waals surface area (Å²) in [4.78, 5) is 13.8. The van der Waals surface area contributed by atoms with Gasteiger partial charge in [-0.05, 0) is 36.2 Å². The number of carbonyl (C=O) groups is 1. The average Bonchev–Trinajstić information content (AvgIpc) is 3.21. The fraction of sp³-hybridized carbons (Fsp3) is 0.350. The van der Waals surface area contributed by atoms with Crippen LogP contribution in [0.5, 0.6) is 11.5 Å². The van der Waals surface area contributed by atoms with Crippen LogP contribution in [0.25, 0.3) is 0 Å². The Morgan fingerprint density at radius 2 is 1.87 bits per heavy atom. The van der Waals surface area contributed by atoms with Crippen LogP contribution >= 0.6 is 0 Å². The molecule has 0 saturated carbocycles. The lowest BCUT2D eigenvalue weighted by molar-refractivity contribution is -0.275. The Balaban J connectivity index is 1.58. The van der Waals surface area contributed by atoms with Crippen LogP contribution in [-0.4, -0.2) is 51.4 Å². The largest absolute Gasteiger partial charge is 0.573 e.